The van der Waals surface area contributed by atoms with Crippen LogP contribution in [0.3, 0.4) is 0 Å². The summed E-state index contributed by atoms with van der Waals surface area (Å²) >= 11 is 1.38. The molecular formula is C14H15N3O2S. The zero-order chi connectivity index (χ0) is 14.4. The Labute approximate surface area is 121 Å². The van der Waals surface area contributed by atoms with Crippen LogP contribution in [0.1, 0.15) is 0 Å². The molecule has 3 N–H and O–H groups in total. The number of rotatable bonds is 5. The number of nitrogens with zero attached hydrogens (tertiary/aromatic N) is 1. The number of hydrogen-bond acceptors (Lipinski definition) is 5. The number of nitrogens with two attached hydrogens (primary N) is 1. The predicted molar refractivity (Wildman–Crippen MR) is 81.0 cm³/mol. The molecule has 0 bridgehead atoms. The Balaban J connectivity index is 1.87. The van der Waals surface area contributed by atoms with E-state index in [9.17, 15) is 4.79 Å². The molecule has 1 aromatic carbocycles. The first kappa shape index (κ1) is 14.2. The highest BCUT2D eigenvalue weighted by molar-refractivity contribution is 8.00. The average Bonchev–Trinajstić information content (AvgIpc) is 2.47. The van der Waals surface area contributed by atoms with Gasteiger partial charge in [-0.3, -0.25) is 9.78 Å². The van der Waals surface area contributed by atoms with Crippen LogP contribution in [0.25, 0.3) is 0 Å². The van der Waals surface area contributed by atoms with Gasteiger partial charge in [-0.05, 0) is 30.3 Å². The molecule has 0 unspecified atom stereocenters. The van der Waals surface area contributed by atoms with Gasteiger partial charge in [0.05, 0.1) is 24.7 Å². The van der Waals surface area contributed by atoms with Crippen molar-refractivity contribution in [2.75, 3.05) is 23.9 Å². The summed E-state index contributed by atoms with van der Waals surface area (Å²) in [6.45, 7) is 0. The average molecular weight is 289 g/mol. The van der Waals surface area contributed by atoms with Crippen LogP contribution in [-0.2, 0) is 4.79 Å². The van der Waals surface area contributed by atoms with Gasteiger partial charge in [0.1, 0.15) is 5.75 Å². The van der Waals surface area contributed by atoms with Gasteiger partial charge < -0.3 is 15.8 Å². The Hall–Kier alpha value is -2.21. The van der Waals surface area contributed by atoms with Crippen molar-refractivity contribution in [2.24, 2.45) is 0 Å². The summed E-state index contributed by atoms with van der Waals surface area (Å²) in [6.07, 6.45) is 3.23. The van der Waals surface area contributed by atoms with Crippen LogP contribution in [0, 0.1) is 0 Å². The van der Waals surface area contributed by atoms with Crippen molar-refractivity contribution < 1.29 is 9.53 Å². The van der Waals surface area contributed by atoms with Crippen molar-refractivity contribution in [1.29, 1.82) is 0 Å². The van der Waals surface area contributed by atoms with E-state index in [1.165, 1.54) is 11.8 Å². The summed E-state index contributed by atoms with van der Waals surface area (Å²) in [5, 5.41) is 2.81. The van der Waals surface area contributed by atoms with Crippen molar-refractivity contribution in [3.8, 4) is 5.75 Å². The second-order valence-electron chi connectivity index (χ2n) is 3.98. The first-order valence-electron chi connectivity index (χ1n) is 5.95. The molecule has 0 atom stereocenters. The van der Waals surface area contributed by atoms with Crippen molar-refractivity contribution in [1.82, 2.24) is 4.98 Å². The Morgan fingerprint density at radius 3 is 2.75 bits per heavy atom. The molecule has 1 aromatic heterocycles. The highest BCUT2D eigenvalue weighted by Gasteiger charge is 2.06. The summed E-state index contributed by atoms with van der Waals surface area (Å²) in [5.74, 6) is 0.957. The van der Waals surface area contributed by atoms with Gasteiger partial charge in [0.2, 0.25) is 5.91 Å². The highest BCUT2D eigenvalue weighted by Crippen LogP contribution is 2.23. The van der Waals surface area contributed by atoms with Crippen LogP contribution in [0.2, 0.25) is 0 Å². The number of carbonyl (C=O) groups is 1. The van der Waals surface area contributed by atoms with Gasteiger partial charge in [-0.1, -0.05) is 0 Å². The summed E-state index contributed by atoms with van der Waals surface area (Å²) < 4.78 is 5.06. The van der Waals surface area contributed by atoms with Gasteiger partial charge in [0.15, 0.2) is 0 Å². The molecule has 0 saturated carbocycles. The van der Waals surface area contributed by atoms with Crippen molar-refractivity contribution in [3.05, 3.63) is 42.7 Å². The molecule has 6 heteroatoms. The number of methoxy groups -OCH3 is 1. The molecule has 0 aliphatic heterocycles. The van der Waals surface area contributed by atoms with Gasteiger partial charge in [-0.2, -0.15) is 0 Å². The summed E-state index contributed by atoms with van der Waals surface area (Å²) in [5.41, 5.74) is 7.08. The molecule has 1 heterocycles. The number of pyridine rings is 1. The van der Waals surface area contributed by atoms with Gasteiger partial charge >= 0.3 is 0 Å². The van der Waals surface area contributed by atoms with Crippen molar-refractivity contribution >= 4 is 29.0 Å². The number of carbonyl (C=O) groups excluding carboxylic acids is 1. The van der Waals surface area contributed by atoms with Gasteiger partial charge in [-0.25, -0.2) is 0 Å². The van der Waals surface area contributed by atoms with Crippen LogP contribution in [-0.4, -0.2) is 23.8 Å². The number of nitrogens with one attached hydrogen (secondary N) is 1. The second-order valence-corrected chi connectivity index (χ2v) is 5.00. The Morgan fingerprint density at radius 1 is 1.35 bits per heavy atom. The maximum Gasteiger partial charge on any atom is 0.234 e. The molecule has 0 fully saturated rings. The third-order valence-corrected chi connectivity index (χ3v) is 3.63. The smallest absolute Gasteiger partial charge is 0.234 e. The Bertz CT molecular complexity index is 587. The predicted octanol–water partition coefficient (Wildman–Crippen LogP) is 2.40. The van der Waals surface area contributed by atoms with E-state index in [1.54, 1.807) is 49.8 Å². The normalized spacial score (nSPS) is 10.1. The highest BCUT2D eigenvalue weighted by atomic mass is 32.2. The van der Waals surface area contributed by atoms with Crippen LogP contribution < -0.4 is 15.8 Å². The quantitative estimate of drug-likeness (QED) is 0.826. The summed E-state index contributed by atoms with van der Waals surface area (Å²) in [7, 11) is 1.60. The zero-order valence-corrected chi connectivity index (χ0v) is 11.8. The van der Waals surface area contributed by atoms with Gasteiger partial charge in [0, 0.05) is 16.8 Å². The first-order valence-corrected chi connectivity index (χ1v) is 6.94. The summed E-state index contributed by atoms with van der Waals surface area (Å²) in [4.78, 5) is 16.6. The monoisotopic (exact) mass is 289 g/mol. The minimum absolute atomic E-state index is 0.0867. The van der Waals surface area contributed by atoms with E-state index in [4.69, 9.17) is 10.5 Å². The number of ether oxygens (including phenoxy) is 1. The molecule has 104 valence electrons. The van der Waals surface area contributed by atoms with Gasteiger partial charge in [-0.15, -0.1) is 11.8 Å². The van der Waals surface area contributed by atoms with E-state index in [1.807, 2.05) is 0 Å². The number of nitrogen functional groups attached to an aromatic ring is 1. The van der Waals surface area contributed by atoms with E-state index in [0.717, 1.165) is 16.3 Å². The number of aromatic nitrogens is 1. The van der Waals surface area contributed by atoms with E-state index in [-0.39, 0.29) is 5.91 Å². The Morgan fingerprint density at radius 2 is 2.10 bits per heavy atom. The van der Waals surface area contributed by atoms with E-state index >= 15 is 0 Å². The van der Waals surface area contributed by atoms with Gasteiger partial charge in [0.25, 0.3) is 0 Å². The third-order valence-electron chi connectivity index (χ3n) is 2.54. The number of hydrogen-bond donors (Lipinski definition) is 2. The molecule has 0 radical (unpaired) electrons. The molecule has 1 amide bonds. The fourth-order valence-electron chi connectivity index (χ4n) is 1.54. The van der Waals surface area contributed by atoms with Crippen LogP contribution in [0.5, 0.6) is 5.75 Å². The lowest BCUT2D eigenvalue weighted by Crippen LogP contribution is -2.14. The largest absolute Gasteiger partial charge is 0.497 e. The lowest BCUT2D eigenvalue weighted by atomic mass is 10.3. The Kier molecular flexibility index (Phi) is 4.84. The lowest BCUT2D eigenvalue weighted by Gasteiger charge is -2.07. The molecule has 2 aromatic rings. The molecule has 0 spiro atoms. The van der Waals surface area contributed by atoms with Crippen LogP contribution in [0.4, 0.5) is 11.4 Å². The van der Waals surface area contributed by atoms with E-state index in [0.29, 0.717) is 11.4 Å². The molecule has 0 aliphatic carbocycles. The maximum absolute atomic E-state index is 11.8. The lowest BCUT2D eigenvalue weighted by molar-refractivity contribution is -0.113. The zero-order valence-electron chi connectivity index (χ0n) is 11.0. The SMILES string of the molecule is COc1ccc(NC(=O)CSc2ccncc2N)cc1. The first-order chi connectivity index (χ1) is 9.69. The van der Waals surface area contributed by atoms with E-state index < -0.39 is 0 Å². The number of benzene rings is 1. The minimum atomic E-state index is -0.0867. The molecule has 20 heavy (non-hydrogen) atoms. The van der Waals surface area contributed by atoms with E-state index in [2.05, 4.69) is 10.3 Å². The summed E-state index contributed by atoms with van der Waals surface area (Å²) in [6, 6.07) is 8.97. The minimum Gasteiger partial charge on any atom is -0.497 e. The van der Waals surface area contributed by atoms with Crippen molar-refractivity contribution in [3.63, 3.8) is 0 Å². The molecule has 0 aliphatic rings. The van der Waals surface area contributed by atoms with Crippen LogP contribution in [0.15, 0.2) is 47.6 Å². The standard InChI is InChI=1S/C14H15N3O2S/c1-19-11-4-2-10(3-5-11)17-14(18)9-20-13-6-7-16-8-12(13)15/h2-8H,9,15H2,1H3,(H,17,18). The van der Waals surface area contributed by atoms with Crippen LogP contribution >= 0.6 is 11.8 Å². The third kappa shape index (κ3) is 3.89. The maximum atomic E-state index is 11.8. The van der Waals surface area contributed by atoms with Crippen molar-refractivity contribution in [2.45, 2.75) is 4.90 Å². The fraction of sp³-hybridized carbons (Fsp3) is 0.143. The molecule has 0 saturated heterocycles. The number of thioether (sulfide) groups is 1. The molecule has 5 nitrogen and oxygen atoms in total. The second kappa shape index (κ2) is 6.81. The fourth-order valence-corrected chi connectivity index (χ4v) is 2.28. The topological polar surface area (TPSA) is 77.2 Å². The number of anilines is 2. The molecular weight excluding hydrogens is 274 g/mol. The molecule has 2 rings (SSSR count). The number of amides is 1.